The number of carbonyl (C=O) groups is 3. The molecule has 0 radical (unpaired) electrons. The van der Waals surface area contributed by atoms with Gasteiger partial charge in [-0.3, -0.25) is 14.4 Å². The number of benzene rings is 1. The zero-order valence-electron chi connectivity index (χ0n) is 22.3. The molecule has 1 aromatic carbocycles. The highest BCUT2D eigenvalue weighted by Crippen LogP contribution is 2.42. The molecule has 0 saturated carbocycles. The van der Waals surface area contributed by atoms with E-state index in [2.05, 4.69) is 10.0 Å². The molecule has 3 heterocycles. The normalized spacial score (nSPS) is 18.4. The monoisotopic (exact) mass is 659 g/mol. The topological polar surface area (TPSA) is 139 Å². The minimum absolute atomic E-state index is 0.123. The van der Waals surface area contributed by atoms with Crippen LogP contribution in [0.15, 0.2) is 23.1 Å². The van der Waals surface area contributed by atoms with Gasteiger partial charge in [0.05, 0.1) is 11.1 Å². The fourth-order valence-electron chi connectivity index (χ4n) is 4.65. The number of anilines is 1. The van der Waals surface area contributed by atoms with E-state index in [1.165, 1.54) is 7.05 Å². The molecule has 4 rings (SSSR count). The van der Waals surface area contributed by atoms with Gasteiger partial charge in [0.1, 0.15) is 23.6 Å². The number of alkyl halides is 5. The number of nitrogens with one attached hydrogen (secondary N) is 3. The first-order valence-electron chi connectivity index (χ1n) is 12.5. The van der Waals surface area contributed by atoms with E-state index in [9.17, 15) is 49.1 Å². The van der Waals surface area contributed by atoms with E-state index in [0.717, 1.165) is 21.6 Å². The Hall–Kier alpha value is -3.51. The van der Waals surface area contributed by atoms with Gasteiger partial charge in [-0.05, 0) is 38.0 Å². The Bertz CT molecular complexity index is 1570. The zero-order valence-corrected chi connectivity index (χ0v) is 23.9. The molecule has 19 heteroatoms. The molecule has 11 nitrogen and oxygen atoms in total. The number of fused-ring (bicyclic) bond motifs is 1. The van der Waals surface area contributed by atoms with E-state index in [1.807, 2.05) is 0 Å². The van der Waals surface area contributed by atoms with Gasteiger partial charge in [-0.2, -0.15) is 13.2 Å². The summed E-state index contributed by atoms with van der Waals surface area (Å²) in [6.07, 6.45) is -8.19. The van der Waals surface area contributed by atoms with Gasteiger partial charge >= 0.3 is 18.0 Å². The molecule has 1 unspecified atom stereocenters. The van der Waals surface area contributed by atoms with Gasteiger partial charge in [0, 0.05) is 25.8 Å². The molecule has 1 fully saturated rings. The smallest absolute Gasteiger partial charge is 0.408 e. The first-order chi connectivity index (χ1) is 19.9. The highest BCUT2D eigenvalue weighted by Gasteiger charge is 2.47. The number of amides is 3. The van der Waals surface area contributed by atoms with Crippen LogP contribution in [0.1, 0.15) is 42.2 Å². The summed E-state index contributed by atoms with van der Waals surface area (Å²) in [4.78, 5) is 38.1. The van der Waals surface area contributed by atoms with Crippen LogP contribution in [0.5, 0.6) is 5.75 Å². The van der Waals surface area contributed by atoms with E-state index >= 15 is 0 Å². The van der Waals surface area contributed by atoms with Crippen LogP contribution in [0.4, 0.5) is 32.0 Å². The standard InChI is InChI=1S/C24H24ClF6N5O6S/c1-11(24(29,30)31)32-21(38)22(39)36-7-5-23(6-8-36)10-42-16-15(35(2)18(25)17(16)43(40,41)34-23)20(37)33-12-3-4-14(26)13(9-12)19(27)28/h3-4,9,11,19,34H,5-8,10H2,1-2H3,(H,32,38)(H,33,37). The highest BCUT2D eigenvalue weighted by molar-refractivity contribution is 7.89. The van der Waals surface area contributed by atoms with E-state index in [0.29, 0.717) is 13.0 Å². The van der Waals surface area contributed by atoms with E-state index in [4.69, 9.17) is 16.3 Å². The van der Waals surface area contributed by atoms with Crippen molar-refractivity contribution in [1.29, 1.82) is 0 Å². The Labute approximate surface area is 245 Å². The van der Waals surface area contributed by atoms with Crippen molar-refractivity contribution in [3.63, 3.8) is 0 Å². The predicted octanol–water partition coefficient (Wildman–Crippen LogP) is 3.11. The van der Waals surface area contributed by atoms with E-state index < -0.39 is 84.8 Å². The van der Waals surface area contributed by atoms with Crippen molar-refractivity contribution in [1.82, 2.24) is 19.5 Å². The molecule has 3 N–H and O–H groups in total. The first kappa shape index (κ1) is 32.4. The van der Waals surface area contributed by atoms with Crippen LogP contribution in [-0.2, 0) is 26.7 Å². The summed E-state index contributed by atoms with van der Waals surface area (Å²) in [6, 6.07) is 0.193. The largest absolute Gasteiger partial charge is 0.488 e. The molecule has 0 bridgehead atoms. The molecule has 2 aromatic rings. The minimum Gasteiger partial charge on any atom is -0.488 e. The molecule has 1 saturated heterocycles. The number of likely N-dealkylation sites (tertiary alicyclic amines) is 1. The number of carbonyl (C=O) groups excluding carboxylic acids is 3. The van der Waals surface area contributed by atoms with Crippen LogP contribution < -0.4 is 20.1 Å². The fraction of sp³-hybridized carbons (Fsp3) is 0.458. The van der Waals surface area contributed by atoms with Gasteiger partial charge in [-0.15, -0.1) is 0 Å². The van der Waals surface area contributed by atoms with Crippen molar-refractivity contribution in [3.05, 3.63) is 40.4 Å². The Morgan fingerprint density at radius 2 is 1.79 bits per heavy atom. The van der Waals surface area contributed by atoms with Gasteiger partial charge in [0.2, 0.25) is 10.0 Å². The first-order valence-corrected chi connectivity index (χ1v) is 14.3. The Morgan fingerprint density at radius 3 is 2.37 bits per heavy atom. The van der Waals surface area contributed by atoms with Crippen molar-refractivity contribution < 1.29 is 53.9 Å². The van der Waals surface area contributed by atoms with Crippen LogP contribution in [0.25, 0.3) is 0 Å². The average Bonchev–Trinajstić information content (AvgIpc) is 3.11. The van der Waals surface area contributed by atoms with Crippen molar-refractivity contribution in [2.24, 2.45) is 7.05 Å². The summed E-state index contributed by atoms with van der Waals surface area (Å²) in [7, 11) is -3.24. The summed E-state index contributed by atoms with van der Waals surface area (Å²) >= 11 is 6.28. The summed E-state index contributed by atoms with van der Waals surface area (Å²) in [6.45, 7) is -0.166. The number of hydrogen-bond donors (Lipinski definition) is 3. The lowest BCUT2D eigenvalue weighted by Gasteiger charge is -2.40. The molecule has 1 atom stereocenters. The maximum atomic E-state index is 13.7. The van der Waals surface area contributed by atoms with Gasteiger partial charge < -0.3 is 24.8 Å². The predicted molar refractivity (Wildman–Crippen MR) is 138 cm³/mol. The molecular formula is C24H24ClF6N5O6S. The van der Waals surface area contributed by atoms with Crippen molar-refractivity contribution in [2.75, 3.05) is 25.0 Å². The molecule has 236 valence electrons. The van der Waals surface area contributed by atoms with Crippen LogP contribution in [0.3, 0.4) is 0 Å². The molecule has 0 aliphatic carbocycles. The lowest BCUT2D eigenvalue weighted by Crippen LogP contribution is -2.60. The minimum atomic E-state index is -4.77. The quantitative estimate of drug-likeness (QED) is 0.341. The van der Waals surface area contributed by atoms with E-state index in [-0.39, 0.29) is 38.2 Å². The summed E-state index contributed by atoms with van der Waals surface area (Å²) < 4.78 is 114. The van der Waals surface area contributed by atoms with Crippen LogP contribution >= 0.6 is 11.6 Å². The molecule has 1 aromatic heterocycles. The second kappa shape index (κ2) is 11.5. The van der Waals surface area contributed by atoms with Gasteiger partial charge in [0.15, 0.2) is 16.3 Å². The highest BCUT2D eigenvalue weighted by atomic mass is 35.5. The maximum Gasteiger partial charge on any atom is 0.408 e. The number of sulfonamides is 1. The van der Waals surface area contributed by atoms with Crippen LogP contribution in [0.2, 0.25) is 5.15 Å². The second-order valence-electron chi connectivity index (χ2n) is 10.1. The Balaban J connectivity index is 1.54. The third kappa shape index (κ3) is 6.40. The number of aromatic nitrogens is 1. The number of ether oxygens (including phenoxy) is 1. The summed E-state index contributed by atoms with van der Waals surface area (Å²) in [5.41, 5.74) is -2.95. The van der Waals surface area contributed by atoms with Crippen molar-refractivity contribution in [3.8, 4) is 5.75 Å². The van der Waals surface area contributed by atoms with Crippen molar-refractivity contribution >= 4 is 45.0 Å². The molecule has 43 heavy (non-hydrogen) atoms. The van der Waals surface area contributed by atoms with Gasteiger partial charge in [-0.1, -0.05) is 11.6 Å². The lowest BCUT2D eigenvalue weighted by atomic mass is 9.89. The Morgan fingerprint density at radius 1 is 1.16 bits per heavy atom. The number of rotatable bonds is 4. The SMILES string of the molecule is CC(NC(=O)C(=O)N1CCC2(CC1)COc1c(c(Cl)n(C)c1C(=O)Nc1ccc(F)c(C(F)F)c1)S(=O)(=O)N2)C(F)(F)F. The molecule has 3 amide bonds. The molecule has 2 aliphatic rings. The third-order valence-corrected chi connectivity index (χ3v) is 9.27. The molecule has 2 aliphatic heterocycles. The number of piperidine rings is 1. The summed E-state index contributed by atoms with van der Waals surface area (Å²) in [5.74, 6) is -5.37. The van der Waals surface area contributed by atoms with Gasteiger partial charge in [0.25, 0.3) is 12.3 Å². The molecular weight excluding hydrogens is 636 g/mol. The van der Waals surface area contributed by atoms with Crippen LogP contribution in [0, 0.1) is 5.82 Å². The lowest BCUT2D eigenvalue weighted by molar-refractivity contribution is -0.162. The average molecular weight is 660 g/mol. The van der Waals surface area contributed by atoms with E-state index in [1.54, 1.807) is 5.32 Å². The Kier molecular flexibility index (Phi) is 8.69. The van der Waals surface area contributed by atoms with Gasteiger partial charge in [-0.25, -0.2) is 26.3 Å². The molecule has 1 spiro atoms. The number of halogens is 7. The zero-order chi connectivity index (χ0) is 32.1. The van der Waals surface area contributed by atoms with Crippen molar-refractivity contribution in [2.45, 2.75) is 48.8 Å². The number of hydrogen-bond acceptors (Lipinski definition) is 6. The second-order valence-corrected chi connectivity index (χ2v) is 12.0. The van der Waals surface area contributed by atoms with Crippen LogP contribution in [-0.4, -0.2) is 73.1 Å². The fourth-order valence-corrected chi connectivity index (χ4v) is 6.82. The number of nitrogens with zero attached hydrogens (tertiary/aromatic N) is 2. The summed E-state index contributed by atoms with van der Waals surface area (Å²) in [5, 5.41) is 3.43. The maximum absolute atomic E-state index is 13.7. The third-order valence-electron chi connectivity index (χ3n) is 7.10.